The number of hydrogen-bond acceptors (Lipinski definition) is 1. The number of methoxy groups -OCH3 is 1. The minimum Gasteiger partial charge on any atom is -0.496 e. The van der Waals surface area contributed by atoms with Gasteiger partial charge in [-0.25, -0.2) is 0 Å². The van der Waals surface area contributed by atoms with Gasteiger partial charge in [-0.05, 0) is 40.0 Å². The molecule has 0 aliphatic heterocycles. The zero-order valence-corrected chi connectivity index (χ0v) is 10.7. The Hall–Kier alpha value is -0.960. The number of fused-ring (bicyclic) bond motifs is 1. The van der Waals surface area contributed by atoms with E-state index in [9.17, 15) is 0 Å². The number of aromatic amines is 1. The fraction of sp³-hybridized carbons (Fsp3) is 0.333. The maximum Gasteiger partial charge on any atom is 0.128 e. The number of hydrogen-bond donors (Lipinski definition) is 1. The van der Waals surface area contributed by atoms with E-state index in [2.05, 4.69) is 40.8 Å². The average molecular weight is 268 g/mol. The van der Waals surface area contributed by atoms with E-state index in [4.69, 9.17) is 4.74 Å². The molecule has 2 aromatic rings. The van der Waals surface area contributed by atoms with Gasteiger partial charge in [-0.3, -0.25) is 0 Å². The molecule has 0 saturated heterocycles. The van der Waals surface area contributed by atoms with Crippen molar-refractivity contribution in [2.45, 2.75) is 19.8 Å². The van der Waals surface area contributed by atoms with Crippen molar-refractivity contribution in [3.05, 3.63) is 28.4 Å². The van der Waals surface area contributed by atoms with Gasteiger partial charge in [0.2, 0.25) is 0 Å². The molecule has 3 heteroatoms. The maximum absolute atomic E-state index is 5.33. The molecule has 0 aliphatic carbocycles. The molecule has 15 heavy (non-hydrogen) atoms. The zero-order chi connectivity index (χ0) is 11.0. The summed E-state index contributed by atoms with van der Waals surface area (Å²) in [6.07, 6.45) is 0. The summed E-state index contributed by atoms with van der Waals surface area (Å²) in [5.41, 5.74) is 2.34. The maximum atomic E-state index is 5.33. The summed E-state index contributed by atoms with van der Waals surface area (Å²) in [5, 5.41) is 1.13. The normalized spacial score (nSPS) is 11.3. The van der Waals surface area contributed by atoms with Gasteiger partial charge in [-0.2, -0.15) is 0 Å². The van der Waals surface area contributed by atoms with Crippen molar-refractivity contribution in [2.75, 3.05) is 7.11 Å². The number of H-pyrrole nitrogens is 1. The Kier molecular flexibility index (Phi) is 2.74. The van der Waals surface area contributed by atoms with Crippen LogP contribution in [-0.2, 0) is 0 Å². The molecule has 1 N–H and O–H groups in total. The van der Waals surface area contributed by atoms with Crippen molar-refractivity contribution < 1.29 is 4.74 Å². The molecular weight excluding hydrogens is 254 g/mol. The van der Waals surface area contributed by atoms with Gasteiger partial charge >= 0.3 is 0 Å². The highest BCUT2D eigenvalue weighted by Gasteiger charge is 2.10. The molecule has 1 heterocycles. The van der Waals surface area contributed by atoms with E-state index < -0.39 is 0 Å². The summed E-state index contributed by atoms with van der Waals surface area (Å²) in [5.74, 6) is 1.41. The predicted octanol–water partition coefficient (Wildman–Crippen LogP) is 4.06. The van der Waals surface area contributed by atoms with Crippen molar-refractivity contribution in [1.29, 1.82) is 0 Å². The topological polar surface area (TPSA) is 25.0 Å². The Morgan fingerprint density at radius 2 is 2.07 bits per heavy atom. The van der Waals surface area contributed by atoms with E-state index in [1.54, 1.807) is 7.11 Å². The largest absolute Gasteiger partial charge is 0.496 e. The minimum absolute atomic E-state index is 0.494. The summed E-state index contributed by atoms with van der Waals surface area (Å²) in [6, 6.07) is 6.13. The van der Waals surface area contributed by atoms with Crippen molar-refractivity contribution in [3.63, 3.8) is 0 Å². The first-order valence-corrected chi connectivity index (χ1v) is 5.78. The third-order valence-electron chi connectivity index (χ3n) is 2.57. The van der Waals surface area contributed by atoms with Crippen LogP contribution in [0.4, 0.5) is 0 Å². The second-order valence-electron chi connectivity index (χ2n) is 3.92. The number of aromatic nitrogens is 1. The molecule has 0 fully saturated rings. The van der Waals surface area contributed by atoms with Gasteiger partial charge in [0, 0.05) is 15.6 Å². The molecule has 80 valence electrons. The van der Waals surface area contributed by atoms with Gasteiger partial charge in [-0.15, -0.1) is 0 Å². The fourth-order valence-corrected chi connectivity index (χ4v) is 2.11. The third kappa shape index (κ3) is 1.76. The highest BCUT2D eigenvalue weighted by molar-refractivity contribution is 9.10. The summed E-state index contributed by atoms with van der Waals surface area (Å²) < 4.78 is 6.41. The van der Waals surface area contributed by atoms with Crippen molar-refractivity contribution in [2.24, 2.45) is 0 Å². The Morgan fingerprint density at radius 1 is 1.33 bits per heavy atom. The van der Waals surface area contributed by atoms with Crippen LogP contribution in [-0.4, -0.2) is 12.1 Å². The molecule has 2 nitrogen and oxygen atoms in total. The van der Waals surface area contributed by atoms with E-state index in [1.165, 1.54) is 5.69 Å². The first-order chi connectivity index (χ1) is 7.13. The molecule has 2 rings (SSSR count). The molecule has 0 unspecified atom stereocenters. The Morgan fingerprint density at radius 3 is 2.67 bits per heavy atom. The molecule has 1 aromatic heterocycles. The van der Waals surface area contributed by atoms with Crippen LogP contribution in [0.5, 0.6) is 5.75 Å². The second kappa shape index (κ2) is 3.89. The summed E-state index contributed by atoms with van der Waals surface area (Å²) >= 11 is 3.54. The van der Waals surface area contributed by atoms with Gasteiger partial charge in [0.15, 0.2) is 0 Å². The average Bonchev–Trinajstić information content (AvgIpc) is 2.64. The van der Waals surface area contributed by atoms with Crippen LogP contribution < -0.4 is 4.74 Å². The zero-order valence-electron chi connectivity index (χ0n) is 9.10. The lowest BCUT2D eigenvalue weighted by molar-refractivity contribution is 0.420. The third-order valence-corrected chi connectivity index (χ3v) is 3.23. The lowest BCUT2D eigenvalue weighted by atomic mass is 10.1. The van der Waals surface area contributed by atoms with E-state index in [-0.39, 0.29) is 0 Å². The number of halogens is 1. The number of nitrogens with one attached hydrogen (secondary N) is 1. The van der Waals surface area contributed by atoms with Gasteiger partial charge in [0.1, 0.15) is 5.75 Å². The van der Waals surface area contributed by atoms with Crippen LogP contribution in [0.15, 0.2) is 22.7 Å². The van der Waals surface area contributed by atoms with Crippen molar-refractivity contribution >= 4 is 26.8 Å². The first-order valence-electron chi connectivity index (χ1n) is 4.98. The molecule has 0 amide bonds. The smallest absolute Gasteiger partial charge is 0.128 e. The lowest BCUT2D eigenvalue weighted by Gasteiger charge is -2.01. The lowest BCUT2D eigenvalue weighted by Crippen LogP contribution is -1.84. The van der Waals surface area contributed by atoms with E-state index in [1.807, 2.05) is 12.1 Å². The Bertz CT molecular complexity index is 488. The van der Waals surface area contributed by atoms with E-state index >= 15 is 0 Å². The fourth-order valence-electron chi connectivity index (χ4n) is 1.67. The molecule has 0 atom stereocenters. The minimum atomic E-state index is 0.494. The van der Waals surface area contributed by atoms with Crippen LogP contribution >= 0.6 is 15.9 Å². The monoisotopic (exact) mass is 267 g/mol. The van der Waals surface area contributed by atoms with Gasteiger partial charge in [0.25, 0.3) is 0 Å². The van der Waals surface area contributed by atoms with E-state index in [0.717, 1.165) is 21.1 Å². The first kappa shape index (κ1) is 10.6. The van der Waals surface area contributed by atoms with Crippen molar-refractivity contribution in [1.82, 2.24) is 4.98 Å². The van der Waals surface area contributed by atoms with E-state index in [0.29, 0.717) is 5.92 Å². The van der Waals surface area contributed by atoms with Crippen LogP contribution in [0.3, 0.4) is 0 Å². The van der Waals surface area contributed by atoms with Crippen LogP contribution in [0.1, 0.15) is 25.5 Å². The number of benzene rings is 1. The second-order valence-corrected chi connectivity index (χ2v) is 4.77. The quantitative estimate of drug-likeness (QED) is 0.872. The van der Waals surface area contributed by atoms with Crippen molar-refractivity contribution in [3.8, 4) is 5.75 Å². The highest BCUT2D eigenvalue weighted by Crippen LogP contribution is 2.33. The highest BCUT2D eigenvalue weighted by atomic mass is 79.9. The Balaban J connectivity index is 2.72. The van der Waals surface area contributed by atoms with Gasteiger partial charge in [-0.1, -0.05) is 13.8 Å². The van der Waals surface area contributed by atoms with Crippen LogP contribution in [0.25, 0.3) is 10.9 Å². The number of ether oxygens (including phenoxy) is 1. The molecule has 0 bridgehead atoms. The van der Waals surface area contributed by atoms with Gasteiger partial charge in [0.05, 0.1) is 12.6 Å². The van der Waals surface area contributed by atoms with Crippen LogP contribution in [0, 0.1) is 0 Å². The molecular formula is C12H14BrNO. The molecule has 0 aliphatic rings. The molecule has 1 aromatic carbocycles. The van der Waals surface area contributed by atoms with Crippen LogP contribution in [0.2, 0.25) is 0 Å². The number of rotatable bonds is 2. The standard InChI is InChI=1S/C12H14BrNO/c1-7(2)10-6-8-11(15-3)5-4-9(13)12(8)14-10/h4-7,14H,1-3H3. The molecule has 0 spiro atoms. The SMILES string of the molecule is COc1ccc(Br)c2[nH]c(C(C)C)cc12. The Labute approximate surface area is 97.8 Å². The predicted molar refractivity (Wildman–Crippen MR) is 66.6 cm³/mol. The summed E-state index contributed by atoms with van der Waals surface area (Å²) in [6.45, 7) is 4.34. The molecule has 0 saturated carbocycles. The summed E-state index contributed by atoms with van der Waals surface area (Å²) in [7, 11) is 1.70. The molecule has 0 radical (unpaired) electrons. The van der Waals surface area contributed by atoms with Gasteiger partial charge < -0.3 is 9.72 Å². The summed E-state index contributed by atoms with van der Waals surface area (Å²) in [4.78, 5) is 3.41.